The molecule has 0 spiro atoms. The molecule has 1 aliphatic rings. The van der Waals surface area contributed by atoms with Gasteiger partial charge in [-0.05, 0) is 46.3 Å². The van der Waals surface area contributed by atoms with E-state index in [4.69, 9.17) is 4.74 Å². The molecule has 0 bridgehead atoms. The van der Waals surface area contributed by atoms with Crippen molar-refractivity contribution in [1.29, 1.82) is 0 Å². The van der Waals surface area contributed by atoms with Gasteiger partial charge in [-0.25, -0.2) is 9.07 Å². The van der Waals surface area contributed by atoms with Gasteiger partial charge < -0.3 is 9.64 Å². The van der Waals surface area contributed by atoms with Gasteiger partial charge in [-0.1, -0.05) is 48.5 Å². The molecule has 1 aliphatic heterocycles. The van der Waals surface area contributed by atoms with Crippen molar-refractivity contribution in [3.63, 3.8) is 0 Å². The Morgan fingerprint density at radius 3 is 2.29 bits per heavy atom. The van der Waals surface area contributed by atoms with E-state index in [-0.39, 0.29) is 11.9 Å². The van der Waals surface area contributed by atoms with Crippen molar-refractivity contribution < 1.29 is 9.13 Å². The summed E-state index contributed by atoms with van der Waals surface area (Å²) in [4.78, 5) is 4.63. The quantitative estimate of drug-likeness (QED) is 0.420. The average Bonchev–Trinajstić information content (AvgIpc) is 3.34. The highest BCUT2D eigenvalue weighted by molar-refractivity contribution is 5.46. The van der Waals surface area contributed by atoms with E-state index in [0.29, 0.717) is 17.9 Å². The number of benzene rings is 3. The van der Waals surface area contributed by atoms with E-state index in [2.05, 4.69) is 49.6 Å². The van der Waals surface area contributed by atoms with Gasteiger partial charge in [0, 0.05) is 37.4 Å². The van der Waals surface area contributed by atoms with Gasteiger partial charge in [0.2, 0.25) is 0 Å². The van der Waals surface area contributed by atoms with Crippen LogP contribution in [0.5, 0.6) is 5.75 Å². The number of hydrogen-bond acceptors (Lipinski definition) is 6. The molecule has 5 rings (SSSR count). The van der Waals surface area contributed by atoms with Crippen LogP contribution in [0.1, 0.15) is 23.0 Å². The Morgan fingerprint density at radius 2 is 1.59 bits per heavy atom. The molecule has 1 aromatic heterocycles. The molecule has 3 aromatic carbocycles. The number of para-hydroxylation sites is 1. The molecule has 34 heavy (non-hydrogen) atoms. The first kappa shape index (κ1) is 22.0. The van der Waals surface area contributed by atoms with Crippen LogP contribution < -0.4 is 9.64 Å². The van der Waals surface area contributed by atoms with E-state index >= 15 is 4.39 Å². The van der Waals surface area contributed by atoms with Crippen LogP contribution in [-0.4, -0.2) is 58.4 Å². The van der Waals surface area contributed by atoms with E-state index in [1.165, 1.54) is 11.8 Å². The fourth-order valence-electron chi connectivity index (χ4n) is 4.50. The first-order valence-electron chi connectivity index (χ1n) is 11.4. The van der Waals surface area contributed by atoms with Crippen LogP contribution in [0.25, 0.3) is 0 Å². The summed E-state index contributed by atoms with van der Waals surface area (Å²) in [5.74, 6) is 1.17. The zero-order valence-electron chi connectivity index (χ0n) is 19.1. The minimum atomic E-state index is -0.382. The molecule has 0 N–H and O–H groups in total. The van der Waals surface area contributed by atoms with Gasteiger partial charge in [-0.15, -0.1) is 5.10 Å². The molecule has 7 nitrogen and oxygen atoms in total. The molecule has 2 heterocycles. The SMILES string of the molecule is COc1ccc(Cn2nnnc2C(c2ccccc2F)N2CCN(c3ccccc3)CC2)cc1. The van der Waals surface area contributed by atoms with Crippen molar-refractivity contribution in [3.8, 4) is 5.75 Å². The third-order valence-electron chi connectivity index (χ3n) is 6.30. The first-order chi connectivity index (χ1) is 16.7. The second-order valence-electron chi connectivity index (χ2n) is 8.33. The van der Waals surface area contributed by atoms with Crippen molar-refractivity contribution >= 4 is 5.69 Å². The molecule has 0 saturated carbocycles. The minimum absolute atomic E-state index is 0.253. The summed E-state index contributed by atoms with van der Waals surface area (Å²) in [5.41, 5.74) is 2.82. The van der Waals surface area contributed by atoms with Gasteiger partial charge in [-0.3, -0.25) is 4.90 Å². The van der Waals surface area contributed by atoms with E-state index in [1.807, 2.05) is 42.5 Å². The molecule has 1 unspecified atom stereocenters. The summed E-state index contributed by atoms with van der Waals surface area (Å²) in [6, 6.07) is 24.7. The minimum Gasteiger partial charge on any atom is -0.497 e. The zero-order chi connectivity index (χ0) is 23.3. The Kier molecular flexibility index (Phi) is 6.49. The number of tetrazole rings is 1. The summed E-state index contributed by atoms with van der Waals surface area (Å²) in [7, 11) is 1.64. The Labute approximate surface area is 198 Å². The van der Waals surface area contributed by atoms with E-state index in [1.54, 1.807) is 17.9 Å². The lowest BCUT2D eigenvalue weighted by molar-refractivity contribution is 0.198. The molecule has 0 radical (unpaired) electrons. The van der Waals surface area contributed by atoms with E-state index < -0.39 is 0 Å². The third-order valence-corrected chi connectivity index (χ3v) is 6.30. The molecule has 1 atom stereocenters. The largest absolute Gasteiger partial charge is 0.497 e. The van der Waals surface area contributed by atoms with Crippen LogP contribution in [0.4, 0.5) is 10.1 Å². The number of anilines is 1. The number of piperazine rings is 1. The van der Waals surface area contributed by atoms with Crippen LogP contribution in [0.15, 0.2) is 78.9 Å². The van der Waals surface area contributed by atoms with Crippen molar-refractivity contribution in [2.24, 2.45) is 0 Å². The Bertz CT molecular complexity index is 1210. The molecular weight excluding hydrogens is 431 g/mol. The highest BCUT2D eigenvalue weighted by atomic mass is 19.1. The van der Waals surface area contributed by atoms with Crippen LogP contribution in [0.3, 0.4) is 0 Å². The number of rotatable bonds is 7. The molecule has 1 saturated heterocycles. The fraction of sp³-hybridized carbons (Fsp3) is 0.269. The monoisotopic (exact) mass is 458 g/mol. The molecular formula is C26H27FN6O. The van der Waals surface area contributed by atoms with Crippen LogP contribution >= 0.6 is 0 Å². The Morgan fingerprint density at radius 1 is 0.882 bits per heavy atom. The number of methoxy groups -OCH3 is 1. The summed E-state index contributed by atoms with van der Waals surface area (Å²) >= 11 is 0. The molecule has 8 heteroatoms. The van der Waals surface area contributed by atoms with Gasteiger partial charge >= 0.3 is 0 Å². The van der Waals surface area contributed by atoms with Crippen molar-refractivity contribution in [2.75, 3.05) is 38.2 Å². The predicted molar refractivity (Wildman–Crippen MR) is 128 cm³/mol. The number of ether oxygens (including phenoxy) is 1. The van der Waals surface area contributed by atoms with Crippen LogP contribution in [0, 0.1) is 5.82 Å². The normalized spacial score (nSPS) is 15.3. The van der Waals surface area contributed by atoms with Gasteiger partial charge in [0.05, 0.1) is 13.7 Å². The molecule has 0 amide bonds. The molecule has 0 aliphatic carbocycles. The smallest absolute Gasteiger partial charge is 0.173 e. The highest BCUT2D eigenvalue weighted by Gasteiger charge is 2.32. The van der Waals surface area contributed by atoms with Gasteiger partial charge in [0.15, 0.2) is 5.82 Å². The number of hydrogen-bond donors (Lipinski definition) is 0. The molecule has 174 valence electrons. The summed E-state index contributed by atoms with van der Waals surface area (Å²) in [5, 5.41) is 12.6. The number of aromatic nitrogens is 4. The number of nitrogens with zero attached hydrogens (tertiary/aromatic N) is 6. The Balaban J connectivity index is 1.43. The lowest BCUT2D eigenvalue weighted by atomic mass is 10.0. The standard InChI is InChI=1S/C26H27FN6O/c1-34-22-13-11-20(12-14-22)19-33-26(28-29-30-33)25(23-9-5-6-10-24(23)27)32-17-15-31(16-18-32)21-7-3-2-4-8-21/h2-14,25H,15-19H2,1H3. The lowest BCUT2D eigenvalue weighted by Crippen LogP contribution is -2.48. The average molecular weight is 459 g/mol. The van der Waals surface area contributed by atoms with Crippen LogP contribution in [0.2, 0.25) is 0 Å². The maximum atomic E-state index is 15.0. The zero-order valence-corrected chi connectivity index (χ0v) is 19.1. The number of halogens is 1. The maximum Gasteiger partial charge on any atom is 0.173 e. The first-order valence-corrected chi connectivity index (χ1v) is 11.4. The summed E-state index contributed by atoms with van der Waals surface area (Å²) < 4.78 is 22.1. The maximum absolute atomic E-state index is 15.0. The fourth-order valence-corrected chi connectivity index (χ4v) is 4.50. The van der Waals surface area contributed by atoms with E-state index in [0.717, 1.165) is 37.5 Å². The van der Waals surface area contributed by atoms with Crippen molar-refractivity contribution in [1.82, 2.24) is 25.1 Å². The van der Waals surface area contributed by atoms with Crippen molar-refractivity contribution in [2.45, 2.75) is 12.6 Å². The third kappa shape index (κ3) is 4.63. The van der Waals surface area contributed by atoms with Crippen molar-refractivity contribution in [3.05, 3.63) is 102 Å². The van der Waals surface area contributed by atoms with Crippen LogP contribution in [-0.2, 0) is 6.54 Å². The topological polar surface area (TPSA) is 59.3 Å². The highest BCUT2D eigenvalue weighted by Crippen LogP contribution is 2.31. The summed E-state index contributed by atoms with van der Waals surface area (Å²) in [6.45, 7) is 3.71. The predicted octanol–water partition coefficient (Wildman–Crippen LogP) is 3.78. The van der Waals surface area contributed by atoms with Gasteiger partial charge in [0.25, 0.3) is 0 Å². The second-order valence-corrected chi connectivity index (χ2v) is 8.33. The van der Waals surface area contributed by atoms with Gasteiger partial charge in [0.1, 0.15) is 17.6 Å². The Hall–Kier alpha value is -3.78. The lowest BCUT2D eigenvalue weighted by Gasteiger charge is -2.40. The molecule has 1 fully saturated rings. The van der Waals surface area contributed by atoms with Gasteiger partial charge in [-0.2, -0.15) is 0 Å². The second kappa shape index (κ2) is 10.0. The summed E-state index contributed by atoms with van der Waals surface area (Å²) in [6.07, 6.45) is 0. The van der Waals surface area contributed by atoms with E-state index in [9.17, 15) is 0 Å². The molecule has 4 aromatic rings.